The van der Waals surface area contributed by atoms with Crippen LogP contribution in [0.15, 0.2) is 42.6 Å². The second kappa shape index (κ2) is 8.35. The summed E-state index contributed by atoms with van der Waals surface area (Å²) >= 11 is 0. The zero-order valence-corrected chi connectivity index (χ0v) is 16.7. The molecule has 0 amide bonds. The molecule has 0 aliphatic rings. The Morgan fingerprint density at radius 3 is 2.64 bits per heavy atom. The van der Waals surface area contributed by atoms with E-state index in [0.717, 1.165) is 16.6 Å². The number of anilines is 1. The molecule has 28 heavy (non-hydrogen) atoms. The van der Waals surface area contributed by atoms with Crippen molar-refractivity contribution < 1.29 is 19.0 Å². The number of carbonyl (C=O) groups is 1. The summed E-state index contributed by atoms with van der Waals surface area (Å²) in [5.74, 6) is 0.373. The monoisotopic (exact) mass is 382 g/mol. The van der Waals surface area contributed by atoms with Gasteiger partial charge in [0.1, 0.15) is 11.3 Å². The minimum Gasteiger partial charge on any atom is -0.467 e. The highest BCUT2D eigenvalue weighted by molar-refractivity contribution is 5.95. The van der Waals surface area contributed by atoms with Crippen LogP contribution in [0.2, 0.25) is 0 Å². The maximum Gasteiger partial charge on any atom is 0.341 e. The molecule has 2 N–H and O–H groups in total. The molecule has 0 saturated carbocycles. The second-order valence-corrected chi connectivity index (χ2v) is 6.84. The molecule has 3 aromatic rings. The third kappa shape index (κ3) is 3.82. The van der Waals surface area contributed by atoms with Crippen LogP contribution in [0.25, 0.3) is 16.6 Å². The molecule has 1 heterocycles. The fraction of sp³-hybridized carbons (Fsp3) is 0.318. The van der Waals surface area contributed by atoms with Crippen molar-refractivity contribution in [3.63, 3.8) is 0 Å². The van der Waals surface area contributed by atoms with Gasteiger partial charge in [-0.2, -0.15) is 0 Å². The lowest BCUT2D eigenvalue weighted by atomic mass is 10.0. The highest BCUT2D eigenvalue weighted by Crippen LogP contribution is 2.32. The molecule has 0 atom stereocenters. The van der Waals surface area contributed by atoms with E-state index in [-0.39, 0.29) is 6.79 Å². The lowest BCUT2D eigenvalue weighted by Crippen LogP contribution is -2.10. The number of hydrogen-bond acceptors (Lipinski definition) is 5. The Morgan fingerprint density at radius 2 is 1.96 bits per heavy atom. The summed E-state index contributed by atoms with van der Waals surface area (Å²) < 4.78 is 17.8. The topological polar surface area (TPSA) is 75.7 Å². The molecule has 148 valence electrons. The summed E-state index contributed by atoms with van der Waals surface area (Å²) in [6.07, 6.45) is 1.88. The van der Waals surface area contributed by atoms with Crippen LogP contribution in [-0.4, -0.2) is 31.0 Å². The maximum absolute atomic E-state index is 12.2. The van der Waals surface area contributed by atoms with Gasteiger partial charge in [-0.05, 0) is 36.6 Å². The highest BCUT2D eigenvalue weighted by Gasteiger charge is 2.17. The molecule has 1 aromatic heterocycles. The lowest BCUT2D eigenvalue weighted by molar-refractivity contribution is 0.0438. The number of ether oxygens (including phenoxy) is 3. The van der Waals surface area contributed by atoms with Crippen LogP contribution in [0.5, 0.6) is 5.75 Å². The van der Waals surface area contributed by atoms with Crippen molar-refractivity contribution in [2.24, 2.45) is 0 Å². The van der Waals surface area contributed by atoms with Gasteiger partial charge in [0.15, 0.2) is 6.79 Å². The van der Waals surface area contributed by atoms with E-state index in [2.05, 4.69) is 26.0 Å². The Kier molecular flexibility index (Phi) is 5.90. The van der Waals surface area contributed by atoms with E-state index < -0.39 is 5.97 Å². The number of methoxy groups -OCH3 is 1. The van der Waals surface area contributed by atoms with Crippen LogP contribution in [0.4, 0.5) is 5.69 Å². The number of nitrogens with two attached hydrogens (primary N) is 1. The number of carbonyl (C=O) groups excluding carboxylic acids is 1. The van der Waals surface area contributed by atoms with Crippen molar-refractivity contribution in [1.29, 1.82) is 0 Å². The minimum absolute atomic E-state index is 0.0297. The summed E-state index contributed by atoms with van der Waals surface area (Å²) in [4.78, 5) is 12.2. The van der Waals surface area contributed by atoms with Gasteiger partial charge in [0.05, 0.1) is 17.8 Å². The van der Waals surface area contributed by atoms with E-state index in [0.29, 0.717) is 29.5 Å². The van der Waals surface area contributed by atoms with E-state index >= 15 is 0 Å². The van der Waals surface area contributed by atoms with Crippen molar-refractivity contribution in [2.75, 3.05) is 26.2 Å². The van der Waals surface area contributed by atoms with Gasteiger partial charge in [-0.3, -0.25) is 0 Å². The first-order chi connectivity index (χ1) is 13.5. The zero-order chi connectivity index (χ0) is 20.3. The van der Waals surface area contributed by atoms with Gasteiger partial charge in [-0.1, -0.05) is 26.0 Å². The van der Waals surface area contributed by atoms with E-state index in [4.69, 9.17) is 19.9 Å². The smallest absolute Gasteiger partial charge is 0.341 e. The van der Waals surface area contributed by atoms with Crippen LogP contribution >= 0.6 is 0 Å². The largest absolute Gasteiger partial charge is 0.467 e. The third-order valence-corrected chi connectivity index (χ3v) is 4.60. The van der Waals surface area contributed by atoms with Crippen molar-refractivity contribution in [2.45, 2.75) is 26.7 Å². The number of esters is 1. The molecule has 0 fully saturated rings. The van der Waals surface area contributed by atoms with Gasteiger partial charge in [0.25, 0.3) is 0 Å². The molecule has 0 saturated heterocycles. The van der Waals surface area contributed by atoms with E-state index in [1.165, 1.54) is 12.7 Å². The van der Waals surface area contributed by atoms with Gasteiger partial charge in [0, 0.05) is 30.4 Å². The fourth-order valence-corrected chi connectivity index (χ4v) is 3.12. The van der Waals surface area contributed by atoms with Crippen molar-refractivity contribution in [3.05, 3.63) is 53.7 Å². The van der Waals surface area contributed by atoms with Gasteiger partial charge < -0.3 is 24.5 Å². The van der Waals surface area contributed by atoms with E-state index in [1.807, 2.05) is 22.9 Å². The number of fused-ring (bicyclic) bond motifs is 1. The summed E-state index contributed by atoms with van der Waals surface area (Å²) in [7, 11) is 1.53. The first-order valence-corrected chi connectivity index (χ1v) is 9.30. The van der Waals surface area contributed by atoms with Gasteiger partial charge in [-0.25, -0.2) is 4.79 Å². The molecule has 0 bridgehead atoms. The Balaban J connectivity index is 2.12. The summed E-state index contributed by atoms with van der Waals surface area (Å²) in [5, 5.41) is 0.984. The first-order valence-electron chi connectivity index (χ1n) is 9.30. The zero-order valence-electron chi connectivity index (χ0n) is 16.7. The van der Waals surface area contributed by atoms with Crippen LogP contribution in [0.3, 0.4) is 0 Å². The summed E-state index contributed by atoms with van der Waals surface area (Å²) in [5.41, 5.74) is 10.3. The maximum atomic E-state index is 12.2. The predicted octanol–water partition coefficient (Wildman–Crippen LogP) is 4.50. The average molecular weight is 382 g/mol. The van der Waals surface area contributed by atoms with Gasteiger partial charge >= 0.3 is 5.97 Å². The Hall–Kier alpha value is -2.99. The molecule has 6 heteroatoms. The van der Waals surface area contributed by atoms with Crippen LogP contribution in [-0.2, 0) is 9.47 Å². The molecule has 3 rings (SSSR count). The van der Waals surface area contributed by atoms with E-state index in [9.17, 15) is 4.79 Å². The summed E-state index contributed by atoms with van der Waals surface area (Å²) in [6, 6.07) is 11.6. The Labute approximate surface area is 164 Å². The number of aromatic nitrogens is 1. The molecule has 0 aliphatic carbocycles. The lowest BCUT2D eigenvalue weighted by Gasteiger charge is -2.14. The third-order valence-electron chi connectivity index (χ3n) is 4.60. The molecule has 0 unspecified atom stereocenters. The Bertz CT molecular complexity index is 992. The SMILES string of the molecule is CCOC(=O)c1ccc(-n2cc(N)c3ccc(C(C)C)cc32)cc1OCOC. The van der Waals surface area contributed by atoms with Crippen LogP contribution in [0.1, 0.15) is 42.6 Å². The van der Waals surface area contributed by atoms with Crippen LogP contribution < -0.4 is 10.5 Å². The molecule has 6 nitrogen and oxygen atoms in total. The summed E-state index contributed by atoms with van der Waals surface area (Å²) in [6.45, 7) is 6.40. The second-order valence-electron chi connectivity index (χ2n) is 6.84. The molecule has 0 aliphatic heterocycles. The number of benzene rings is 2. The molecular formula is C22H26N2O4. The standard InChI is InChI=1S/C22H26N2O4/c1-5-27-22(25)18-9-7-16(11-21(18)28-13-26-4)24-12-19(23)17-8-6-15(14(2)3)10-20(17)24/h6-12,14H,5,13,23H2,1-4H3. The van der Waals surface area contributed by atoms with E-state index in [1.54, 1.807) is 19.1 Å². The molecule has 2 aromatic carbocycles. The number of nitrogen functional groups attached to an aromatic ring is 1. The number of nitrogens with zero attached hydrogens (tertiary/aromatic N) is 1. The van der Waals surface area contributed by atoms with Crippen molar-refractivity contribution in [1.82, 2.24) is 4.57 Å². The average Bonchev–Trinajstić information content (AvgIpc) is 3.02. The predicted molar refractivity (Wildman–Crippen MR) is 110 cm³/mol. The molecular weight excluding hydrogens is 356 g/mol. The van der Waals surface area contributed by atoms with Gasteiger partial charge in [0.2, 0.25) is 0 Å². The normalized spacial score (nSPS) is 11.2. The fourth-order valence-electron chi connectivity index (χ4n) is 3.12. The Morgan fingerprint density at radius 1 is 1.18 bits per heavy atom. The van der Waals surface area contributed by atoms with Crippen molar-refractivity contribution >= 4 is 22.6 Å². The quantitative estimate of drug-likeness (QED) is 0.481. The first kappa shape index (κ1) is 19.8. The van der Waals surface area contributed by atoms with Crippen LogP contribution in [0, 0.1) is 0 Å². The number of rotatable bonds is 7. The highest BCUT2D eigenvalue weighted by atomic mass is 16.7. The minimum atomic E-state index is -0.431. The number of hydrogen-bond donors (Lipinski definition) is 1. The van der Waals surface area contributed by atoms with Crippen molar-refractivity contribution in [3.8, 4) is 11.4 Å². The molecule has 0 radical (unpaired) electrons. The van der Waals surface area contributed by atoms with Gasteiger partial charge in [-0.15, -0.1) is 0 Å². The molecule has 0 spiro atoms.